The molecular weight excluding hydrogens is 377 g/mol. The molecule has 3 rings (SSSR count). The maximum absolute atomic E-state index is 13.0. The van der Waals surface area contributed by atoms with E-state index >= 15 is 0 Å². The van der Waals surface area contributed by atoms with Gasteiger partial charge in [0.15, 0.2) is 5.03 Å². The molecule has 0 amide bonds. The largest absolute Gasteiger partial charge is 0.416 e. The number of hydrogen-bond donors (Lipinski definition) is 1. The van der Waals surface area contributed by atoms with Gasteiger partial charge in [-0.3, -0.25) is 0 Å². The SMILES string of the molecule is Cc1nn2c(S(=O)(=O)NCc3ccccc3C(F)(F)F)c(C)nc2s1. The molecule has 0 saturated heterocycles. The topological polar surface area (TPSA) is 76.4 Å². The third-order valence-electron chi connectivity index (χ3n) is 3.46. The van der Waals surface area contributed by atoms with Crippen molar-refractivity contribution in [2.24, 2.45) is 0 Å². The maximum Gasteiger partial charge on any atom is 0.416 e. The van der Waals surface area contributed by atoms with Crippen molar-refractivity contribution in [2.45, 2.75) is 31.6 Å². The minimum Gasteiger partial charge on any atom is -0.221 e. The van der Waals surface area contributed by atoms with Crippen molar-refractivity contribution < 1.29 is 21.6 Å². The van der Waals surface area contributed by atoms with Crippen LogP contribution < -0.4 is 4.72 Å². The van der Waals surface area contributed by atoms with Crippen molar-refractivity contribution >= 4 is 26.3 Å². The van der Waals surface area contributed by atoms with Crippen molar-refractivity contribution in [1.82, 2.24) is 19.3 Å². The average Bonchev–Trinajstić information content (AvgIpc) is 2.98. The van der Waals surface area contributed by atoms with Crippen LogP contribution in [0.1, 0.15) is 21.8 Å². The van der Waals surface area contributed by atoms with Gasteiger partial charge in [0.25, 0.3) is 10.0 Å². The van der Waals surface area contributed by atoms with E-state index in [4.69, 9.17) is 0 Å². The van der Waals surface area contributed by atoms with Gasteiger partial charge < -0.3 is 0 Å². The second-order valence-corrected chi connectivity index (χ2v) is 8.14. The number of aryl methyl sites for hydroxylation is 2. The van der Waals surface area contributed by atoms with Crippen LogP contribution in [0.25, 0.3) is 4.96 Å². The highest BCUT2D eigenvalue weighted by molar-refractivity contribution is 7.89. The molecule has 6 nitrogen and oxygen atoms in total. The van der Waals surface area contributed by atoms with Crippen LogP contribution >= 0.6 is 11.3 Å². The fourth-order valence-electron chi connectivity index (χ4n) is 2.43. The van der Waals surface area contributed by atoms with Crippen molar-refractivity contribution in [3.05, 3.63) is 46.1 Å². The molecule has 0 bridgehead atoms. The number of benzene rings is 1. The molecule has 0 saturated carbocycles. The number of nitrogens with one attached hydrogen (secondary N) is 1. The monoisotopic (exact) mass is 390 g/mol. The van der Waals surface area contributed by atoms with E-state index in [2.05, 4.69) is 14.8 Å². The summed E-state index contributed by atoms with van der Waals surface area (Å²) < 4.78 is 67.6. The van der Waals surface area contributed by atoms with Gasteiger partial charge in [0.1, 0.15) is 5.01 Å². The number of rotatable bonds is 4. The molecule has 11 heteroatoms. The Kier molecular flexibility index (Phi) is 4.33. The predicted molar refractivity (Wildman–Crippen MR) is 85.8 cm³/mol. The predicted octanol–water partition coefficient (Wildman–Crippen LogP) is 2.90. The highest BCUT2D eigenvalue weighted by Gasteiger charge is 2.33. The summed E-state index contributed by atoms with van der Waals surface area (Å²) in [4.78, 5) is 4.54. The molecule has 0 atom stereocenters. The fraction of sp³-hybridized carbons (Fsp3) is 0.286. The molecule has 3 aromatic rings. The summed E-state index contributed by atoms with van der Waals surface area (Å²) in [6.07, 6.45) is -4.56. The Morgan fingerprint density at radius 1 is 1.24 bits per heavy atom. The lowest BCUT2D eigenvalue weighted by Crippen LogP contribution is -2.26. The first-order valence-corrected chi connectivity index (χ1v) is 9.37. The number of fused-ring (bicyclic) bond motifs is 1. The van der Waals surface area contributed by atoms with Crippen LogP contribution in [0.5, 0.6) is 0 Å². The molecular formula is C14H13F3N4O2S2. The fourth-order valence-corrected chi connectivity index (χ4v) is 4.54. The van der Waals surface area contributed by atoms with E-state index in [1.807, 2.05) is 0 Å². The van der Waals surface area contributed by atoms with E-state index in [1.165, 1.54) is 41.0 Å². The second kappa shape index (κ2) is 6.07. The highest BCUT2D eigenvalue weighted by Crippen LogP contribution is 2.32. The van der Waals surface area contributed by atoms with E-state index in [0.717, 1.165) is 6.07 Å². The number of imidazole rings is 1. The van der Waals surface area contributed by atoms with Crippen LogP contribution in [0.15, 0.2) is 29.3 Å². The summed E-state index contributed by atoms with van der Waals surface area (Å²) in [5, 5.41) is 4.54. The van der Waals surface area contributed by atoms with Crippen LogP contribution in [0, 0.1) is 13.8 Å². The van der Waals surface area contributed by atoms with Gasteiger partial charge in [-0.15, -0.1) is 0 Å². The van der Waals surface area contributed by atoms with Gasteiger partial charge in [0.2, 0.25) is 4.96 Å². The molecule has 0 aliphatic carbocycles. The Bertz CT molecular complexity index is 1040. The molecule has 0 unspecified atom stereocenters. The Balaban J connectivity index is 1.94. The van der Waals surface area contributed by atoms with Gasteiger partial charge in [0.05, 0.1) is 11.3 Å². The first-order chi connectivity index (χ1) is 11.6. The molecule has 0 radical (unpaired) electrons. The zero-order valence-corrected chi connectivity index (χ0v) is 14.8. The Labute approximate surface area is 145 Å². The number of hydrogen-bond acceptors (Lipinski definition) is 5. The van der Waals surface area contributed by atoms with Gasteiger partial charge >= 0.3 is 6.18 Å². The van der Waals surface area contributed by atoms with Crippen LogP contribution in [0.3, 0.4) is 0 Å². The molecule has 25 heavy (non-hydrogen) atoms. The van der Waals surface area contributed by atoms with Gasteiger partial charge in [0, 0.05) is 6.54 Å². The van der Waals surface area contributed by atoms with Crippen molar-refractivity contribution in [3.63, 3.8) is 0 Å². The number of sulfonamides is 1. The van der Waals surface area contributed by atoms with Crippen molar-refractivity contribution in [2.75, 3.05) is 0 Å². The lowest BCUT2D eigenvalue weighted by atomic mass is 10.1. The molecule has 0 fully saturated rings. The molecule has 134 valence electrons. The minimum atomic E-state index is -4.56. The summed E-state index contributed by atoms with van der Waals surface area (Å²) in [6, 6.07) is 4.82. The van der Waals surface area contributed by atoms with Crippen molar-refractivity contribution in [1.29, 1.82) is 0 Å². The zero-order valence-electron chi connectivity index (χ0n) is 13.1. The van der Waals surface area contributed by atoms with Crippen LogP contribution in [0.2, 0.25) is 0 Å². The first kappa shape index (κ1) is 17.8. The van der Waals surface area contributed by atoms with Gasteiger partial charge in [-0.05, 0) is 25.5 Å². The van der Waals surface area contributed by atoms with Crippen LogP contribution in [-0.2, 0) is 22.7 Å². The Hall–Kier alpha value is -1.98. The van der Waals surface area contributed by atoms with E-state index in [0.29, 0.717) is 9.97 Å². The molecule has 2 heterocycles. The molecule has 0 spiro atoms. The van der Waals surface area contributed by atoms with Gasteiger partial charge in [-0.25, -0.2) is 18.1 Å². The molecule has 2 aromatic heterocycles. The van der Waals surface area contributed by atoms with Crippen LogP contribution in [0.4, 0.5) is 13.2 Å². The van der Waals surface area contributed by atoms with E-state index in [9.17, 15) is 21.6 Å². The summed E-state index contributed by atoms with van der Waals surface area (Å²) in [5.74, 6) is 0. The second-order valence-electron chi connectivity index (χ2n) is 5.30. The maximum atomic E-state index is 13.0. The normalized spacial score (nSPS) is 12.8. The van der Waals surface area contributed by atoms with Gasteiger partial charge in [-0.2, -0.15) is 22.8 Å². The summed E-state index contributed by atoms with van der Waals surface area (Å²) in [6.45, 7) is 2.72. The number of aromatic nitrogens is 3. The Morgan fingerprint density at radius 3 is 2.60 bits per heavy atom. The number of halogens is 3. The van der Waals surface area contributed by atoms with E-state index in [1.54, 1.807) is 6.92 Å². The zero-order chi connectivity index (χ0) is 18.4. The number of nitrogens with zero attached hydrogens (tertiary/aromatic N) is 3. The molecule has 1 aromatic carbocycles. The smallest absolute Gasteiger partial charge is 0.221 e. The Morgan fingerprint density at radius 2 is 1.92 bits per heavy atom. The van der Waals surface area contributed by atoms with Crippen LogP contribution in [-0.4, -0.2) is 23.0 Å². The van der Waals surface area contributed by atoms with E-state index in [-0.39, 0.29) is 16.3 Å². The molecule has 1 N–H and O–H groups in total. The quantitative estimate of drug-likeness (QED) is 0.743. The first-order valence-electron chi connectivity index (χ1n) is 7.07. The van der Waals surface area contributed by atoms with Gasteiger partial charge in [-0.1, -0.05) is 29.5 Å². The summed E-state index contributed by atoms with van der Waals surface area (Å²) >= 11 is 1.22. The minimum absolute atomic E-state index is 0.161. The highest BCUT2D eigenvalue weighted by atomic mass is 32.2. The standard InChI is InChI=1S/C14H13F3N4O2S2/c1-8-12(21-13(19-8)24-9(2)20-21)25(22,23)18-7-10-5-3-4-6-11(10)14(15,16)17/h3-6,18H,7H2,1-2H3. The van der Waals surface area contributed by atoms with Crippen molar-refractivity contribution in [3.8, 4) is 0 Å². The third kappa shape index (κ3) is 3.39. The lowest BCUT2D eigenvalue weighted by Gasteiger charge is -2.13. The summed E-state index contributed by atoms with van der Waals surface area (Å²) in [5.41, 5.74) is -0.806. The molecule has 0 aliphatic heterocycles. The summed E-state index contributed by atoms with van der Waals surface area (Å²) in [7, 11) is -4.09. The third-order valence-corrected chi connectivity index (χ3v) is 5.78. The lowest BCUT2D eigenvalue weighted by molar-refractivity contribution is -0.138. The number of alkyl halides is 3. The van der Waals surface area contributed by atoms with E-state index < -0.39 is 28.3 Å². The average molecular weight is 390 g/mol. The molecule has 0 aliphatic rings.